The van der Waals surface area contributed by atoms with Gasteiger partial charge in [-0.05, 0) is 67.1 Å². The van der Waals surface area contributed by atoms with E-state index in [0.29, 0.717) is 13.2 Å². The molecular weight excluding hydrogens is 322 g/mol. The van der Waals surface area contributed by atoms with Crippen molar-refractivity contribution in [1.82, 2.24) is 5.32 Å². The molecule has 1 N–H and O–H groups in total. The standard InChI is InChI=1S/C19H21NO3S/c1-12(21)18-11-15-5-4-14-10-16(6-7-17(14)19(15)24-18)23-9-3-8-20-13(2)22/h6-7,10-11H,3-5,8-9H2,1-2H3,(H,20,22). The molecule has 126 valence electrons. The second kappa shape index (κ2) is 7.18. The number of benzene rings is 1. The SMILES string of the molecule is CC(=O)NCCCOc1ccc2c(c1)CCc1cc(C(C)=O)sc1-2. The zero-order valence-electron chi connectivity index (χ0n) is 14.0. The van der Waals surface area contributed by atoms with E-state index in [2.05, 4.69) is 17.4 Å². The summed E-state index contributed by atoms with van der Waals surface area (Å²) < 4.78 is 5.78. The fourth-order valence-corrected chi connectivity index (χ4v) is 4.07. The topological polar surface area (TPSA) is 55.4 Å². The van der Waals surface area contributed by atoms with Crippen molar-refractivity contribution in [3.8, 4) is 16.2 Å². The smallest absolute Gasteiger partial charge is 0.216 e. The van der Waals surface area contributed by atoms with Gasteiger partial charge in [0.2, 0.25) is 5.91 Å². The Balaban J connectivity index is 1.68. The Morgan fingerprint density at radius 3 is 2.71 bits per heavy atom. The van der Waals surface area contributed by atoms with Crippen LogP contribution in [-0.4, -0.2) is 24.8 Å². The first-order chi connectivity index (χ1) is 11.5. The summed E-state index contributed by atoms with van der Waals surface area (Å²) in [6, 6.07) is 8.22. The molecule has 0 radical (unpaired) electrons. The Morgan fingerprint density at radius 1 is 1.17 bits per heavy atom. The molecule has 0 saturated carbocycles. The molecule has 0 atom stereocenters. The van der Waals surface area contributed by atoms with E-state index < -0.39 is 0 Å². The second-order valence-electron chi connectivity index (χ2n) is 6.03. The van der Waals surface area contributed by atoms with E-state index >= 15 is 0 Å². The molecule has 1 aromatic heterocycles. The number of aryl methyl sites for hydroxylation is 2. The number of nitrogens with one attached hydrogen (secondary N) is 1. The molecule has 0 unspecified atom stereocenters. The van der Waals surface area contributed by atoms with Gasteiger partial charge in [0.1, 0.15) is 5.75 Å². The maximum Gasteiger partial charge on any atom is 0.216 e. The van der Waals surface area contributed by atoms with Gasteiger partial charge >= 0.3 is 0 Å². The van der Waals surface area contributed by atoms with Crippen LogP contribution in [0.1, 0.15) is 41.1 Å². The van der Waals surface area contributed by atoms with Crippen molar-refractivity contribution < 1.29 is 14.3 Å². The number of rotatable bonds is 6. The van der Waals surface area contributed by atoms with Crippen LogP contribution < -0.4 is 10.1 Å². The number of fused-ring (bicyclic) bond motifs is 3. The Hall–Kier alpha value is -2.14. The number of hydrogen-bond acceptors (Lipinski definition) is 4. The molecular formula is C19H21NO3S. The summed E-state index contributed by atoms with van der Waals surface area (Å²) in [6.07, 6.45) is 2.73. The van der Waals surface area contributed by atoms with Crippen molar-refractivity contribution in [2.45, 2.75) is 33.1 Å². The van der Waals surface area contributed by atoms with E-state index in [4.69, 9.17) is 4.74 Å². The summed E-state index contributed by atoms with van der Waals surface area (Å²) in [6.45, 7) is 4.35. The van der Waals surface area contributed by atoms with Gasteiger partial charge in [0.15, 0.2) is 5.78 Å². The van der Waals surface area contributed by atoms with Gasteiger partial charge in [0.25, 0.3) is 0 Å². The Morgan fingerprint density at radius 2 is 1.96 bits per heavy atom. The number of thiophene rings is 1. The van der Waals surface area contributed by atoms with Gasteiger partial charge in [-0.1, -0.05) is 0 Å². The first-order valence-electron chi connectivity index (χ1n) is 8.19. The molecule has 0 fully saturated rings. The van der Waals surface area contributed by atoms with E-state index in [-0.39, 0.29) is 11.7 Å². The largest absolute Gasteiger partial charge is 0.494 e. The summed E-state index contributed by atoms with van der Waals surface area (Å²) in [5.74, 6) is 0.985. The van der Waals surface area contributed by atoms with Crippen LogP contribution in [0.2, 0.25) is 0 Å². The maximum absolute atomic E-state index is 11.6. The third kappa shape index (κ3) is 3.67. The van der Waals surface area contributed by atoms with Crippen molar-refractivity contribution in [2.24, 2.45) is 0 Å². The molecule has 1 amide bonds. The lowest BCUT2D eigenvalue weighted by Crippen LogP contribution is -2.22. The van der Waals surface area contributed by atoms with Crippen LogP contribution >= 0.6 is 11.3 Å². The molecule has 0 bridgehead atoms. The molecule has 1 aromatic carbocycles. The van der Waals surface area contributed by atoms with E-state index in [1.807, 2.05) is 12.1 Å². The summed E-state index contributed by atoms with van der Waals surface area (Å²) in [5.41, 5.74) is 3.78. The number of hydrogen-bond donors (Lipinski definition) is 1. The number of carbonyl (C=O) groups is 2. The predicted octanol–water partition coefficient (Wildman–Crippen LogP) is 3.62. The normalized spacial score (nSPS) is 12.2. The monoisotopic (exact) mass is 343 g/mol. The number of Topliss-reactive ketones (excluding diaryl/α,β-unsaturated/α-hetero) is 1. The highest BCUT2D eigenvalue weighted by Gasteiger charge is 2.20. The molecule has 3 rings (SSSR count). The predicted molar refractivity (Wildman–Crippen MR) is 96.0 cm³/mol. The highest BCUT2D eigenvalue weighted by Crippen LogP contribution is 2.40. The minimum absolute atomic E-state index is 0.0135. The van der Waals surface area contributed by atoms with Crippen LogP contribution in [0, 0.1) is 0 Å². The molecule has 1 heterocycles. The van der Waals surface area contributed by atoms with Crippen molar-refractivity contribution >= 4 is 23.0 Å². The summed E-state index contributed by atoms with van der Waals surface area (Å²) in [4.78, 5) is 24.5. The molecule has 0 aliphatic heterocycles. The van der Waals surface area contributed by atoms with E-state index in [9.17, 15) is 9.59 Å². The highest BCUT2D eigenvalue weighted by atomic mass is 32.1. The van der Waals surface area contributed by atoms with Crippen molar-refractivity contribution in [3.63, 3.8) is 0 Å². The van der Waals surface area contributed by atoms with Gasteiger partial charge in [-0.2, -0.15) is 0 Å². The van der Waals surface area contributed by atoms with Gasteiger partial charge in [-0.25, -0.2) is 0 Å². The van der Waals surface area contributed by atoms with Crippen LogP contribution in [0.4, 0.5) is 0 Å². The fraction of sp³-hybridized carbons (Fsp3) is 0.368. The van der Waals surface area contributed by atoms with Crippen LogP contribution in [0.15, 0.2) is 24.3 Å². The van der Waals surface area contributed by atoms with Crippen molar-refractivity contribution in [3.05, 3.63) is 40.3 Å². The zero-order chi connectivity index (χ0) is 17.1. The van der Waals surface area contributed by atoms with Crippen LogP contribution in [-0.2, 0) is 17.6 Å². The summed E-state index contributed by atoms with van der Waals surface area (Å²) in [5, 5.41) is 2.76. The van der Waals surface area contributed by atoms with Gasteiger partial charge in [0, 0.05) is 18.3 Å². The highest BCUT2D eigenvalue weighted by molar-refractivity contribution is 7.17. The number of amides is 1. The number of ketones is 1. The van der Waals surface area contributed by atoms with Gasteiger partial charge in [0.05, 0.1) is 11.5 Å². The van der Waals surface area contributed by atoms with Gasteiger partial charge < -0.3 is 10.1 Å². The van der Waals surface area contributed by atoms with E-state index in [1.54, 1.807) is 18.3 Å². The lowest BCUT2D eigenvalue weighted by Gasteiger charge is -2.17. The van der Waals surface area contributed by atoms with Gasteiger partial charge in [-0.3, -0.25) is 9.59 Å². The minimum atomic E-state index is -0.0135. The second-order valence-corrected chi connectivity index (χ2v) is 7.08. The van der Waals surface area contributed by atoms with E-state index in [0.717, 1.165) is 29.9 Å². The lowest BCUT2D eigenvalue weighted by atomic mass is 9.91. The Bertz CT molecular complexity index is 779. The molecule has 24 heavy (non-hydrogen) atoms. The first kappa shape index (κ1) is 16.7. The number of carbonyl (C=O) groups excluding carboxylic acids is 2. The molecule has 1 aliphatic carbocycles. The molecule has 2 aromatic rings. The molecule has 0 spiro atoms. The Labute approximate surface area is 145 Å². The van der Waals surface area contributed by atoms with Gasteiger partial charge in [-0.15, -0.1) is 11.3 Å². The molecule has 0 saturated heterocycles. The maximum atomic E-state index is 11.6. The average Bonchev–Trinajstić information content (AvgIpc) is 2.99. The quantitative estimate of drug-likeness (QED) is 0.644. The third-order valence-corrected chi connectivity index (χ3v) is 5.42. The van der Waals surface area contributed by atoms with Crippen molar-refractivity contribution in [2.75, 3.05) is 13.2 Å². The molecule has 1 aliphatic rings. The first-order valence-corrected chi connectivity index (χ1v) is 9.00. The average molecular weight is 343 g/mol. The third-order valence-electron chi connectivity index (χ3n) is 4.10. The van der Waals surface area contributed by atoms with Crippen LogP contribution in [0.5, 0.6) is 5.75 Å². The van der Waals surface area contributed by atoms with Crippen LogP contribution in [0.3, 0.4) is 0 Å². The Kier molecular flexibility index (Phi) is 5.00. The minimum Gasteiger partial charge on any atom is -0.494 e. The summed E-state index contributed by atoms with van der Waals surface area (Å²) in [7, 11) is 0. The zero-order valence-corrected chi connectivity index (χ0v) is 14.8. The fourth-order valence-electron chi connectivity index (χ4n) is 2.90. The lowest BCUT2D eigenvalue weighted by molar-refractivity contribution is -0.118. The van der Waals surface area contributed by atoms with Crippen LogP contribution in [0.25, 0.3) is 10.4 Å². The van der Waals surface area contributed by atoms with E-state index in [1.165, 1.54) is 28.5 Å². The molecule has 5 heteroatoms. The molecule has 4 nitrogen and oxygen atoms in total. The summed E-state index contributed by atoms with van der Waals surface area (Å²) >= 11 is 1.59. The van der Waals surface area contributed by atoms with Crippen molar-refractivity contribution in [1.29, 1.82) is 0 Å². The number of ether oxygens (including phenoxy) is 1.